The van der Waals surface area contributed by atoms with Gasteiger partial charge in [0.15, 0.2) is 5.78 Å². The summed E-state index contributed by atoms with van der Waals surface area (Å²) in [5, 5.41) is 3.58. The number of hydrogen-bond donors (Lipinski definition) is 1. The smallest absolute Gasteiger partial charge is 0.179 e. The molecular formula is C12H14ClFN2O. The first-order valence-electron chi connectivity index (χ1n) is 5.58. The minimum atomic E-state index is -0.505. The molecule has 0 spiro atoms. The largest absolute Gasteiger partial charge is 0.314 e. The summed E-state index contributed by atoms with van der Waals surface area (Å²) >= 11 is 5.76. The highest BCUT2D eigenvalue weighted by molar-refractivity contribution is 6.31. The van der Waals surface area contributed by atoms with Gasteiger partial charge in [-0.15, -0.1) is 0 Å². The molecule has 1 aromatic rings. The molecule has 5 heteroatoms. The van der Waals surface area contributed by atoms with Crippen molar-refractivity contribution in [3.8, 4) is 0 Å². The van der Waals surface area contributed by atoms with E-state index < -0.39 is 5.82 Å². The van der Waals surface area contributed by atoms with Crippen LogP contribution in [0.2, 0.25) is 5.02 Å². The van der Waals surface area contributed by atoms with E-state index in [1.807, 2.05) is 4.90 Å². The lowest BCUT2D eigenvalue weighted by atomic mass is 10.1. The number of carbonyl (C=O) groups is 1. The molecule has 1 fully saturated rings. The molecule has 3 nitrogen and oxygen atoms in total. The number of halogens is 2. The van der Waals surface area contributed by atoms with Crippen molar-refractivity contribution in [2.45, 2.75) is 0 Å². The first kappa shape index (κ1) is 12.5. The summed E-state index contributed by atoms with van der Waals surface area (Å²) in [6.07, 6.45) is 0. The zero-order valence-corrected chi connectivity index (χ0v) is 10.1. The van der Waals surface area contributed by atoms with E-state index in [1.165, 1.54) is 18.2 Å². The summed E-state index contributed by atoms with van der Waals surface area (Å²) in [4.78, 5) is 13.9. The van der Waals surface area contributed by atoms with Crippen LogP contribution in [0, 0.1) is 5.82 Å². The Bertz CT molecular complexity index is 419. The Morgan fingerprint density at radius 3 is 2.82 bits per heavy atom. The number of Topliss-reactive ketones (excluding diaryl/α,β-unsaturated/α-hetero) is 1. The van der Waals surface area contributed by atoms with Crippen LogP contribution in [0.1, 0.15) is 10.4 Å². The zero-order valence-electron chi connectivity index (χ0n) is 9.38. The van der Waals surface area contributed by atoms with Crippen LogP contribution >= 0.6 is 11.6 Å². The van der Waals surface area contributed by atoms with Crippen LogP contribution < -0.4 is 5.32 Å². The van der Waals surface area contributed by atoms with Crippen molar-refractivity contribution in [3.63, 3.8) is 0 Å². The molecule has 0 saturated carbocycles. The minimum absolute atomic E-state index is 0.0797. The maximum absolute atomic E-state index is 13.5. The third-order valence-electron chi connectivity index (χ3n) is 2.81. The quantitative estimate of drug-likeness (QED) is 0.834. The highest BCUT2D eigenvalue weighted by Crippen LogP contribution is 2.15. The molecule has 1 aliphatic rings. The van der Waals surface area contributed by atoms with Crippen molar-refractivity contribution in [1.29, 1.82) is 0 Å². The fourth-order valence-electron chi connectivity index (χ4n) is 1.87. The van der Waals surface area contributed by atoms with Gasteiger partial charge in [0.1, 0.15) is 5.82 Å². The van der Waals surface area contributed by atoms with Crippen molar-refractivity contribution in [2.24, 2.45) is 0 Å². The second kappa shape index (κ2) is 5.58. The van der Waals surface area contributed by atoms with Crippen LogP contribution in [0.25, 0.3) is 0 Å². The molecule has 0 atom stereocenters. The monoisotopic (exact) mass is 256 g/mol. The fraction of sp³-hybridized carbons (Fsp3) is 0.417. The van der Waals surface area contributed by atoms with Gasteiger partial charge in [-0.05, 0) is 18.2 Å². The van der Waals surface area contributed by atoms with E-state index in [1.54, 1.807) is 0 Å². The Labute approximate surface area is 105 Å². The summed E-state index contributed by atoms with van der Waals surface area (Å²) < 4.78 is 13.5. The van der Waals surface area contributed by atoms with Gasteiger partial charge in [0.05, 0.1) is 12.1 Å². The summed E-state index contributed by atoms with van der Waals surface area (Å²) in [6, 6.07) is 4.06. The summed E-state index contributed by atoms with van der Waals surface area (Å²) in [7, 11) is 0. The number of nitrogens with one attached hydrogen (secondary N) is 1. The van der Waals surface area contributed by atoms with Crippen LogP contribution in [0.4, 0.5) is 4.39 Å². The Kier molecular flexibility index (Phi) is 4.10. The van der Waals surface area contributed by atoms with Crippen molar-refractivity contribution in [1.82, 2.24) is 10.2 Å². The molecule has 0 bridgehead atoms. The van der Waals surface area contributed by atoms with Gasteiger partial charge in [-0.25, -0.2) is 4.39 Å². The molecular weight excluding hydrogens is 243 g/mol. The average Bonchev–Trinajstić information content (AvgIpc) is 2.33. The SMILES string of the molecule is O=C(CN1CCNCC1)c1cc(Cl)ccc1F. The maximum atomic E-state index is 13.5. The number of nitrogens with zero attached hydrogens (tertiary/aromatic N) is 1. The Morgan fingerprint density at radius 1 is 1.41 bits per heavy atom. The van der Waals surface area contributed by atoms with Gasteiger partial charge < -0.3 is 5.32 Å². The van der Waals surface area contributed by atoms with Crippen molar-refractivity contribution >= 4 is 17.4 Å². The van der Waals surface area contributed by atoms with Gasteiger partial charge in [-0.2, -0.15) is 0 Å². The van der Waals surface area contributed by atoms with Gasteiger partial charge in [-0.1, -0.05) is 11.6 Å². The predicted molar refractivity (Wildman–Crippen MR) is 65.1 cm³/mol. The number of carbonyl (C=O) groups excluding carboxylic acids is 1. The topological polar surface area (TPSA) is 32.3 Å². The van der Waals surface area contributed by atoms with E-state index in [0.717, 1.165) is 26.2 Å². The van der Waals surface area contributed by atoms with E-state index in [4.69, 9.17) is 11.6 Å². The van der Waals surface area contributed by atoms with Crippen LogP contribution in [0.5, 0.6) is 0 Å². The van der Waals surface area contributed by atoms with E-state index in [2.05, 4.69) is 5.32 Å². The minimum Gasteiger partial charge on any atom is -0.314 e. The highest BCUT2D eigenvalue weighted by atomic mass is 35.5. The molecule has 0 aromatic heterocycles. The Hall–Kier alpha value is -0.970. The number of rotatable bonds is 3. The normalized spacial score (nSPS) is 17.1. The van der Waals surface area contributed by atoms with Gasteiger partial charge in [0.2, 0.25) is 0 Å². The molecule has 1 N–H and O–H groups in total. The number of benzene rings is 1. The molecule has 0 aliphatic carbocycles. The fourth-order valence-corrected chi connectivity index (χ4v) is 2.04. The van der Waals surface area contributed by atoms with Crippen LogP contribution in [-0.2, 0) is 0 Å². The van der Waals surface area contributed by atoms with Gasteiger partial charge in [0, 0.05) is 31.2 Å². The third kappa shape index (κ3) is 3.25. The third-order valence-corrected chi connectivity index (χ3v) is 3.04. The van der Waals surface area contributed by atoms with Gasteiger partial charge in [-0.3, -0.25) is 9.69 Å². The average molecular weight is 257 g/mol. The van der Waals surface area contributed by atoms with E-state index in [9.17, 15) is 9.18 Å². The van der Waals surface area contributed by atoms with Gasteiger partial charge >= 0.3 is 0 Å². The second-order valence-corrected chi connectivity index (χ2v) is 4.51. The van der Waals surface area contributed by atoms with Crippen LogP contribution in [0.15, 0.2) is 18.2 Å². The lowest BCUT2D eigenvalue weighted by molar-refractivity contribution is 0.0917. The van der Waals surface area contributed by atoms with Crippen molar-refractivity contribution < 1.29 is 9.18 Å². The van der Waals surface area contributed by atoms with Crippen LogP contribution in [0.3, 0.4) is 0 Å². The lowest BCUT2D eigenvalue weighted by Gasteiger charge is -2.26. The second-order valence-electron chi connectivity index (χ2n) is 4.07. The molecule has 1 heterocycles. The van der Waals surface area contributed by atoms with Crippen molar-refractivity contribution in [2.75, 3.05) is 32.7 Å². The Balaban J connectivity index is 2.05. The standard InChI is InChI=1S/C12H14ClFN2O/c13-9-1-2-11(14)10(7-9)12(17)8-16-5-3-15-4-6-16/h1-2,7,15H,3-6,8H2. The first-order valence-corrected chi connectivity index (χ1v) is 5.96. The molecule has 1 aromatic carbocycles. The predicted octanol–water partition coefficient (Wildman–Crippen LogP) is 1.57. The molecule has 0 radical (unpaired) electrons. The summed E-state index contributed by atoms with van der Waals surface area (Å²) in [6.45, 7) is 3.61. The molecule has 92 valence electrons. The van der Waals surface area contributed by atoms with Crippen molar-refractivity contribution in [3.05, 3.63) is 34.6 Å². The maximum Gasteiger partial charge on any atom is 0.179 e. The molecule has 1 aliphatic heterocycles. The summed E-state index contributed by atoms with van der Waals surface area (Å²) in [5.74, 6) is -0.721. The van der Waals surface area contributed by atoms with E-state index >= 15 is 0 Å². The highest BCUT2D eigenvalue weighted by Gasteiger charge is 2.17. The number of hydrogen-bond acceptors (Lipinski definition) is 3. The van der Waals surface area contributed by atoms with Gasteiger partial charge in [0.25, 0.3) is 0 Å². The molecule has 17 heavy (non-hydrogen) atoms. The van der Waals surface area contributed by atoms with E-state index in [0.29, 0.717) is 5.02 Å². The lowest BCUT2D eigenvalue weighted by Crippen LogP contribution is -2.45. The molecule has 0 amide bonds. The number of piperazine rings is 1. The molecule has 2 rings (SSSR count). The summed E-state index contributed by atoms with van der Waals surface area (Å²) in [5.41, 5.74) is 0.0797. The van der Waals surface area contributed by atoms with Crippen LogP contribution in [-0.4, -0.2) is 43.4 Å². The molecule has 0 unspecified atom stereocenters. The van der Waals surface area contributed by atoms with E-state index in [-0.39, 0.29) is 17.9 Å². The Morgan fingerprint density at radius 2 is 2.12 bits per heavy atom. The zero-order chi connectivity index (χ0) is 12.3. The first-order chi connectivity index (χ1) is 8.16. The number of ketones is 1. The molecule has 1 saturated heterocycles.